The van der Waals surface area contributed by atoms with Crippen LogP contribution in [0.2, 0.25) is 0 Å². The lowest BCUT2D eigenvalue weighted by Crippen LogP contribution is -2.31. The van der Waals surface area contributed by atoms with Gasteiger partial charge in [-0.2, -0.15) is 0 Å². The molecule has 0 unspecified atom stereocenters. The third-order valence-corrected chi connectivity index (χ3v) is 3.42. The molecule has 1 heterocycles. The summed E-state index contributed by atoms with van der Waals surface area (Å²) in [7, 11) is 0. The summed E-state index contributed by atoms with van der Waals surface area (Å²) in [5.74, 6) is 0.840. The Labute approximate surface area is 98.4 Å². The van der Waals surface area contributed by atoms with Crippen LogP contribution in [-0.4, -0.2) is 19.6 Å². The Kier molecular flexibility index (Phi) is 4.23. The number of rotatable bonds is 4. The SMILES string of the molecule is CCc1ccc(NCC2CCNCC2)cc1. The van der Waals surface area contributed by atoms with E-state index in [4.69, 9.17) is 0 Å². The van der Waals surface area contributed by atoms with Gasteiger partial charge in [-0.05, 0) is 56.0 Å². The van der Waals surface area contributed by atoms with Gasteiger partial charge in [0.2, 0.25) is 0 Å². The van der Waals surface area contributed by atoms with Gasteiger partial charge < -0.3 is 10.6 Å². The summed E-state index contributed by atoms with van der Waals surface area (Å²) >= 11 is 0. The monoisotopic (exact) mass is 218 g/mol. The van der Waals surface area contributed by atoms with Crippen LogP contribution in [0, 0.1) is 5.92 Å². The van der Waals surface area contributed by atoms with Crippen LogP contribution in [0.25, 0.3) is 0 Å². The molecule has 1 fully saturated rings. The maximum atomic E-state index is 3.54. The minimum absolute atomic E-state index is 0.840. The van der Waals surface area contributed by atoms with E-state index in [2.05, 4.69) is 41.8 Å². The molecule has 2 heteroatoms. The first-order valence-electron chi connectivity index (χ1n) is 6.42. The van der Waals surface area contributed by atoms with Gasteiger partial charge in [-0.25, -0.2) is 0 Å². The summed E-state index contributed by atoms with van der Waals surface area (Å²) in [5, 5.41) is 6.94. The van der Waals surface area contributed by atoms with E-state index >= 15 is 0 Å². The molecule has 2 nitrogen and oxygen atoms in total. The molecule has 1 saturated heterocycles. The molecule has 0 radical (unpaired) electrons. The largest absolute Gasteiger partial charge is 0.385 e. The van der Waals surface area contributed by atoms with E-state index < -0.39 is 0 Å². The highest BCUT2D eigenvalue weighted by Crippen LogP contribution is 2.14. The van der Waals surface area contributed by atoms with Crippen LogP contribution in [0.4, 0.5) is 5.69 Å². The lowest BCUT2D eigenvalue weighted by molar-refractivity contribution is 0.390. The molecule has 16 heavy (non-hydrogen) atoms. The quantitative estimate of drug-likeness (QED) is 0.812. The maximum Gasteiger partial charge on any atom is 0.0340 e. The first-order valence-corrected chi connectivity index (χ1v) is 6.42. The van der Waals surface area contributed by atoms with Crippen molar-refractivity contribution in [3.63, 3.8) is 0 Å². The van der Waals surface area contributed by atoms with Crippen LogP contribution in [0.1, 0.15) is 25.3 Å². The summed E-state index contributed by atoms with van der Waals surface area (Å²) in [6, 6.07) is 8.81. The molecule has 1 aromatic rings. The van der Waals surface area contributed by atoms with Crippen molar-refractivity contribution in [2.75, 3.05) is 25.0 Å². The van der Waals surface area contributed by atoms with E-state index in [0.29, 0.717) is 0 Å². The van der Waals surface area contributed by atoms with E-state index in [9.17, 15) is 0 Å². The molecule has 2 rings (SSSR count). The van der Waals surface area contributed by atoms with Crippen LogP contribution < -0.4 is 10.6 Å². The molecule has 0 saturated carbocycles. The summed E-state index contributed by atoms with van der Waals surface area (Å²) < 4.78 is 0. The number of hydrogen-bond donors (Lipinski definition) is 2. The Balaban J connectivity index is 1.79. The first-order chi connectivity index (χ1) is 7.88. The minimum atomic E-state index is 0.840. The topological polar surface area (TPSA) is 24.1 Å². The zero-order valence-corrected chi connectivity index (χ0v) is 10.1. The summed E-state index contributed by atoms with van der Waals surface area (Å²) in [6.07, 6.45) is 3.73. The second-order valence-corrected chi connectivity index (χ2v) is 4.62. The van der Waals surface area contributed by atoms with Crippen molar-refractivity contribution in [3.8, 4) is 0 Å². The van der Waals surface area contributed by atoms with E-state index in [-0.39, 0.29) is 0 Å². The molecule has 0 aromatic heterocycles. The average Bonchev–Trinajstić information content (AvgIpc) is 2.38. The molecule has 0 amide bonds. The van der Waals surface area contributed by atoms with Crippen molar-refractivity contribution in [2.24, 2.45) is 5.92 Å². The molecule has 0 atom stereocenters. The summed E-state index contributed by atoms with van der Waals surface area (Å²) in [6.45, 7) is 5.67. The maximum absolute atomic E-state index is 3.54. The Hall–Kier alpha value is -1.02. The molecule has 1 aliphatic heterocycles. The molecule has 1 aliphatic rings. The van der Waals surface area contributed by atoms with Gasteiger partial charge in [0.1, 0.15) is 0 Å². The normalized spacial score (nSPS) is 17.3. The fourth-order valence-corrected chi connectivity index (χ4v) is 2.21. The third-order valence-electron chi connectivity index (χ3n) is 3.42. The third kappa shape index (κ3) is 3.24. The highest BCUT2D eigenvalue weighted by Gasteiger charge is 2.11. The first kappa shape index (κ1) is 11.5. The Morgan fingerprint density at radius 3 is 2.50 bits per heavy atom. The zero-order valence-electron chi connectivity index (χ0n) is 10.1. The number of hydrogen-bond acceptors (Lipinski definition) is 2. The number of aryl methyl sites for hydroxylation is 1. The van der Waals surface area contributed by atoms with Gasteiger partial charge in [-0.3, -0.25) is 0 Å². The highest BCUT2D eigenvalue weighted by atomic mass is 14.9. The van der Waals surface area contributed by atoms with Gasteiger partial charge in [-0.1, -0.05) is 19.1 Å². The van der Waals surface area contributed by atoms with Gasteiger partial charge in [0, 0.05) is 12.2 Å². The van der Waals surface area contributed by atoms with E-state index in [1.165, 1.54) is 37.2 Å². The fourth-order valence-electron chi connectivity index (χ4n) is 2.21. The number of nitrogens with one attached hydrogen (secondary N) is 2. The fraction of sp³-hybridized carbons (Fsp3) is 0.571. The molecule has 0 spiro atoms. The lowest BCUT2D eigenvalue weighted by Gasteiger charge is -2.23. The van der Waals surface area contributed by atoms with Crippen LogP contribution in [0.5, 0.6) is 0 Å². The summed E-state index contributed by atoms with van der Waals surface area (Å²) in [4.78, 5) is 0. The predicted octanol–water partition coefficient (Wildman–Crippen LogP) is 2.66. The second-order valence-electron chi connectivity index (χ2n) is 4.62. The molecule has 2 N–H and O–H groups in total. The standard InChI is InChI=1S/C14H22N2/c1-2-12-3-5-14(6-4-12)16-11-13-7-9-15-10-8-13/h3-6,13,15-16H,2,7-11H2,1H3. The van der Waals surface area contributed by atoms with Crippen LogP contribution in [-0.2, 0) is 6.42 Å². The van der Waals surface area contributed by atoms with Gasteiger partial charge in [0.15, 0.2) is 0 Å². The molecule has 1 aromatic carbocycles. The number of piperidine rings is 1. The van der Waals surface area contributed by atoms with Crippen molar-refractivity contribution >= 4 is 5.69 Å². The van der Waals surface area contributed by atoms with Crippen molar-refractivity contribution in [1.29, 1.82) is 0 Å². The Morgan fingerprint density at radius 2 is 1.88 bits per heavy atom. The molecule has 88 valence electrons. The van der Waals surface area contributed by atoms with Crippen molar-refractivity contribution < 1.29 is 0 Å². The van der Waals surface area contributed by atoms with Gasteiger partial charge in [-0.15, -0.1) is 0 Å². The zero-order chi connectivity index (χ0) is 11.2. The number of benzene rings is 1. The smallest absolute Gasteiger partial charge is 0.0340 e. The second kappa shape index (κ2) is 5.90. The number of anilines is 1. The van der Waals surface area contributed by atoms with E-state index in [0.717, 1.165) is 18.9 Å². The van der Waals surface area contributed by atoms with Crippen LogP contribution >= 0.6 is 0 Å². The molecule has 0 bridgehead atoms. The molecule has 0 aliphatic carbocycles. The van der Waals surface area contributed by atoms with E-state index in [1.54, 1.807) is 0 Å². The van der Waals surface area contributed by atoms with Crippen LogP contribution in [0.15, 0.2) is 24.3 Å². The van der Waals surface area contributed by atoms with Crippen molar-refractivity contribution in [3.05, 3.63) is 29.8 Å². The predicted molar refractivity (Wildman–Crippen MR) is 69.9 cm³/mol. The minimum Gasteiger partial charge on any atom is -0.385 e. The Bertz CT molecular complexity index is 299. The average molecular weight is 218 g/mol. The Morgan fingerprint density at radius 1 is 1.19 bits per heavy atom. The lowest BCUT2D eigenvalue weighted by atomic mass is 9.98. The van der Waals surface area contributed by atoms with Crippen LogP contribution in [0.3, 0.4) is 0 Å². The van der Waals surface area contributed by atoms with E-state index in [1.807, 2.05) is 0 Å². The van der Waals surface area contributed by atoms with Crippen molar-refractivity contribution in [2.45, 2.75) is 26.2 Å². The van der Waals surface area contributed by atoms with Crippen molar-refractivity contribution in [1.82, 2.24) is 5.32 Å². The molecular weight excluding hydrogens is 196 g/mol. The van der Waals surface area contributed by atoms with Gasteiger partial charge in [0.05, 0.1) is 0 Å². The van der Waals surface area contributed by atoms with Gasteiger partial charge in [0.25, 0.3) is 0 Å². The van der Waals surface area contributed by atoms with Gasteiger partial charge >= 0.3 is 0 Å². The molecular formula is C14H22N2. The highest BCUT2D eigenvalue weighted by molar-refractivity contribution is 5.44. The summed E-state index contributed by atoms with van der Waals surface area (Å²) in [5.41, 5.74) is 2.67.